The van der Waals surface area contributed by atoms with Crippen LogP contribution in [0.15, 0.2) is 35.3 Å². The fraction of sp³-hybridized carbons (Fsp3) is 0.538. The molecule has 5 rings (SSSR count). The molecule has 14 heteroatoms. The number of urea groups is 1. The summed E-state index contributed by atoms with van der Waals surface area (Å²) in [7, 11) is 0. The predicted molar refractivity (Wildman–Crippen MR) is 141 cm³/mol. The molecule has 2 atom stereocenters. The summed E-state index contributed by atoms with van der Waals surface area (Å²) in [5.41, 5.74) is 9.60. The lowest BCUT2D eigenvalue weighted by Gasteiger charge is -2.37. The number of benzene rings is 1. The zero-order valence-corrected chi connectivity index (χ0v) is 22.3. The van der Waals surface area contributed by atoms with Crippen LogP contribution in [0.5, 0.6) is 0 Å². The molecule has 2 aliphatic heterocycles. The summed E-state index contributed by atoms with van der Waals surface area (Å²) in [6.07, 6.45) is -3.31. The lowest BCUT2D eigenvalue weighted by molar-refractivity contribution is -0.138. The number of halogens is 3. The van der Waals surface area contributed by atoms with Gasteiger partial charge < -0.3 is 21.3 Å². The minimum atomic E-state index is -4.60. The Morgan fingerprint density at radius 1 is 1.05 bits per heavy atom. The number of aromatic nitrogens is 2. The first-order valence-corrected chi connectivity index (χ1v) is 13.1. The van der Waals surface area contributed by atoms with Crippen LogP contribution in [0.3, 0.4) is 0 Å². The Labute approximate surface area is 228 Å². The normalized spacial score (nSPS) is 23.2. The topological polar surface area (TPSA) is 143 Å². The van der Waals surface area contributed by atoms with Crippen molar-refractivity contribution >= 4 is 17.8 Å². The van der Waals surface area contributed by atoms with Gasteiger partial charge in [0.2, 0.25) is 5.91 Å². The van der Waals surface area contributed by atoms with Crippen LogP contribution in [-0.4, -0.2) is 87.0 Å². The van der Waals surface area contributed by atoms with Gasteiger partial charge in [0.25, 0.3) is 0 Å². The van der Waals surface area contributed by atoms with Crippen LogP contribution in [0.2, 0.25) is 0 Å². The van der Waals surface area contributed by atoms with Crippen LogP contribution in [-0.2, 0) is 17.5 Å². The molecule has 2 saturated heterocycles. The first kappa shape index (κ1) is 28.1. The number of fused-ring (bicyclic) bond motifs is 1. The Balaban J connectivity index is 1.27. The van der Waals surface area contributed by atoms with Gasteiger partial charge in [-0.2, -0.15) is 18.2 Å². The number of anilines is 1. The maximum Gasteiger partial charge on any atom is 0.416 e. The second-order valence-corrected chi connectivity index (χ2v) is 11.4. The van der Waals surface area contributed by atoms with Crippen LogP contribution < -0.4 is 22.5 Å². The molecule has 0 spiro atoms. The van der Waals surface area contributed by atoms with Gasteiger partial charge in [0, 0.05) is 58.1 Å². The van der Waals surface area contributed by atoms with Crippen molar-refractivity contribution in [3.63, 3.8) is 0 Å². The van der Waals surface area contributed by atoms with Gasteiger partial charge in [-0.15, -0.1) is 0 Å². The fourth-order valence-electron chi connectivity index (χ4n) is 5.49. The van der Waals surface area contributed by atoms with E-state index < -0.39 is 29.0 Å². The van der Waals surface area contributed by atoms with Crippen molar-refractivity contribution in [2.24, 2.45) is 23.3 Å². The molecule has 216 valence electrons. The van der Waals surface area contributed by atoms with E-state index in [0.29, 0.717) is 37.0 Å². The molecule has 1 aromatic heterocycles. The van der Waals surface area contributed by atoms with E-state index in [0.717, 1.165) is 29.8 Å². The zero-order valence-electron chi connectivity index (χ0n) is 22.3. The molecule has 2 unspecified atom stereocenters. The van der Waals surface area contributed by atoms with E-state index in [-0.39, 0.29) is 36.5 Å². The third kappa shape index (κ3) is 5.83. The molecule has 1 saturated carbocycles. The highest BCUT2D eigenvalue weighted by atomic mass is 19.4. The van der Waals surface area contributed by atoms with Gasteiger partial charge in [0.05, 0.1) is 16.8 Å². The summed E-state index contributed by atoms with van der Waals surface area (Å²) in [5, 5.41) is 2.55. The standard InChI is InChI=1S/C26H33F3N8O3/c1-25(2,31)22(38)35-5-7-36(8-6-35)23(39)32-20-3-4-37(24(40)33-20)17-10-15(9-16(11-17)26(27,28)29)12-34-13-18-19(14-34)21(18)30/h3-4,9-11,18-19,21H,5-8,12-14,30-31H2,1-2H3,(H,32,33,39,40). The number of amides is 3. The summed E-state index contributed by atoms with van der Waals surface area (Å²) in [5.74, 6) is 0.540. The number of piperidine rings is 1. The first-order chi connectivity index (χ1) is 18.7. The Kier molecular flexibility index (Phi) is 7.13. The maximum absolute atomic E-state index is 13.7. The van der Waals surface area contributed by atoms with E-state index >= 15 is 0 Å². The van der Waals surface area contributed by atoms with Gasteiger partial charge in [-0.25, -0.2) is 9.59 Å². The summed E-state index contributed by atoms with van der Waals surface area (Å²) in [6.45, 7) is 6.19. The van der Waals surface area contributed by atoms with Crippen LogP contribution in [0, 0.1) is 11.8 Å². The Morgan fingerprint density at radius 2 is 1.68 bits per heavy atom. The van der Waals surface area contributed by atoms with Crippen molar-refractivity contribution in [3.8, 4) is 5.69 Å². The van der Waals surface area contributed by atoms with Gasteiger partial charge in [-0.1, -0.05) is 0 Å². The van der Waals surface area contributed by atoms with Crippen LogP contribution >= 0.6 is 0 Å². The molecule has 3 aliphatic rings. The Hall–Kier alpha value is -3.49. The number of carbonyl (C=O) groups is 2. The fourth-order valence-corrected chi connectivity index (χ4v) is 5.49. The number of alkyl halides is 3. The molecule has 5 N–H and O–H groups in total. The molecular weight excluding hydrogens is 529 g/mol. The smallest absolute Gasteiger partial charge is 0.338 e. The molecule has 0 bridgehead atoms. The van der Waals surface area contributed by atoms with E-state index in [1.165, 1.54) is 17.2 Å². The highest BCUT2D eigenvalue weighted by molar-refractivity contribution is 5.89. The molecule has 11 nitrogen and oxygen atoms in total. The van der Waals surface area contributed by atoms with Crippen molar-refractivity contribution in [2.45, 2.75) is 38.1 Å². The number of hydrogen-bond donors (Lipinski definition) is 3. The SMILES string of the molecule is CC(C)(N)C(=O)N1CCN(C(=O)Nc2ccn(-c3cc(CN4CC5C(N)C5C4)cc(C(F)(F)F)c3)c(=O)n2)CC1. The lowest BCUT2D eigenvalue weighted by Crippen LogP contribution is -2.58. The van der Waals surface area contributed by atoms with Crippen LogP contribution in [0.25, 0.3) is 5.69 Å². The average Bonchev–Trinajstić information content (AvgIpc) is 3.26. The molecule has 1 aliphatic carbocycles. The van der Waals surface area contributed by atoms with E-state index in [9.17, 15) is 27.6 Å². The zero-order chi connectivity index (χ0) is 29.0. The molecule has 2 aromatic rings. The van der Waals surface area contributed by atoms with E-state index in [2.05, 4.69) is 15.2 Å². The quantitative estimate of drug-likeness (QED) is 0.495. The van der Waals surface area contributed by atoms with E-state index in [4.69, 9.17) is 11.5 Å². The molecular formula is C26H33F3N8O3. The Bertz CT molecular complexity index is 1350. The lowest BCUT2D eigenvalue weighted by atomic mass is 10.1. The second kappa shape index (κ2) is 10.2. The number of piperazine rings is 1. The number of nitrogens with one attached hydrogen (secondary N) is 1. The average molecular weight is 563 g/mol. The van der Waals surface area contributed by atoms with Gasteiger partial charge in [-0.3, -0.25) is 19.6 Å². The van der Waals surface area contributed by atoms with Crippen molar-refractivity contribution < 1.29 is 22.8 Å². The summed E-state index contributed by atoms with van der Waals surface area (Å²) >= 11 is 0. The van der Waals surface area contributed by atoms with Crippen molar-refractivity contribution in [1.29, 1.82) is 0 Å². The highest BCUT2D eigenvalue weighted by Crippen LogP contribution is 2.44. The predicted octanol–water partition coefficient (Wildman–Crippen LogP) is 1.05. The monoisotopic (exact) mass is 562 g/mol. The van der Waals surface area contributed by atoms with Gasteiger partial charge >= 0.3 is 17.9 Å². The highest BCUT2D eigenvalue weighted by Gasteiger charge is 2.53. The molecule has 1 aromatic carbocycles. The molecule has 3 amide bonds. The molecule has 0 radical (unpaired) electrons. The van der Waals surface area contributed by atoms with Crippen molar-refractivity contribution in [1.82, 2.24) is 24.3 Å². The number of nitrogens with zero attached hydrogens (tertiary/aromatic N) is 5. The van der Waals surface area contributed by atoms with Crippen molar-refractivity contribution in [3.05, 3.63) is 52.1 Å². The summed E-state index contributed by atoms with van der Waals surface area (Å²) in [6, 6.07) is 4.58. The third-order valence-corrected chi connectivity index (χ3v) is 7.77. The maximum atomic E-state index is 13.7. The number of nitrogens with two attached hydrogens (primary N) is 2. The minimum absolute atomic E-state index is 0.0323. The number of carbonyl (C=O) groups excluding carboxylic acids is 2. The third-order valence-electron chi connectivity index (χ3n) is 7.77. The number of likely N-dealkylation sites (tertiary alicyclic amines) is 1. The van der Waals surface area contributed by atoms with Crippen molar-refractivity contribution in [2.75, 3.05) is 44.6 Å². The number of hydrogen-bond acceptors (Lipinski definition) is 7. The first-order valence-electron chi connectivity index (χ1n) is 13.1. The van der Waals surface area contributed by atoms with E-state index in [1.807, 2.05) is 0 Å². The minimum Gasteiger partial charge on any atom is -0.338 e. The molecule has 3 heterocycles. The Morgan fingerprint density at radius 3 is 2.25 bits per heavy atom. The molecule has 3 fully saturated rings. The largest absolute Gasteiger partial charge is 0.416 e. The van der Waals surface area contributed by atoms with Crippen LogP contribution in [0.4, 0.5) is 23.8 Å². The van der Waals surface area contributed by atoms with E-state index in [1.54, 1.807) is 24.8 Å². The van der Waals surface area contributed by atoms with Gasteiger partial charge in [0.15, 0.2) is 0 Å². The number of rotatable bonds is 5. The second-order valence-electron chi connectivity index (χ2n) is 11.4. The van der Waals surface area contributed by atoms with Gasteiger partial charge in [-0.05, 0) is 55.5 Å². The van der Waals surface area contributed by atoms with Crippen LogP contribution in [0.1, 0.15) is 25.0 Å². The summed E-state index contributed by atoms with van der Waals surface area (Å²) < 4.78 is 42.1. The van der Waals surface area contributed by atoms with Gasteiger partial charge in [0.1, 0.15) is 5.82 Å². The summed E-state index contributed by atoms with van der Waals surface area (Å²) in [4.78, 5) is 46.9. The molecule has 40 heavy (non-hydrogen) atoms.